The van der Waals surface area contributed by atoms with Gasteiger partial charge in [-0.2, -0.15) is 0 Å². The van der Waals surface area contributed by atoms with E-state index >= 15 is 0 Å². The molecular weight excluding hydrogens is 246 g/mol. The fraction of sp³-hybridized carbons (Fsp3) is 0.231. The number of aromatic amines is 1. The van der Waals surface area contributed by atoms with Gasteiger partial charge in [0.05, 0.1) is 33.2 Å². The van der Waals surface area contributed by atoms with Crippen LogP contribution in [0.4, 0.5) is 5.69 Å². The number of nitrogens with one attached hydrogen (secondary N) is 1. The van der Waals surface area contributed by atoms with Crippen molar-refractivity contribution < 1.29 is 14.2 Å². The van der Waals surface area contributed by atoms with Crippen LogP contribution in [0.5, 0.6) is 17.2 Å². The van der Waals surface area contributed by atoms with Gasteiger partial charge in [-0.1, -0.05) is 0 Å². The summed E-state index contributed by atoms with van der Waals surface area (Å²) >= 11 is 0. The fourth-order valence-corrected chi connectivity index (χ4v) is 1.63. The summed E-state index contributed by atoms with van der Waals surface area (Å²) < 4.78 is 15.8. The first-order valence-electron chi connectivity index (χ1n) is 5.62. The molecule has 0 fully saturated rings. The Morgan fingerprint density at radius 1 is 1.11 bits per heavy atom. The molecule has 0 radical (unpaired) electrons. The zero-order valence-electron chi connectivity index (χ0n) is 11.0. The molecule has 2 aromatic rings. The Kier molecular flexibility index (Phi) is 4.02. The van der Waals surface area contributed by atoms with Gasteiger partial charge < -0.3 is 19.2 Å². The highest BCUT2D eigenvalue weighted by Crippen LogP contribution is 2.40. The van der Waals surface area contributed by atoms with Crippen LogP contribution in [0.15, 0.2) is 29.5 Å². The molecule has 1 aromatic heterocycles. The maximum absolute atomic E-state index is 5.25. The molecule has 0 unspecified atom stereocenters. The summed E-state index contributed by atoms with van der Waals surface area (Å²) in [6.07, 6.45) is 5.02. The maximum atomic E-state index is 5.25. The summed E-state index contributed by atoms with van der Waals surface area (Å²) in [5.41, 5.74) is 0.686. The molecule has 2 rings (SSSR count). The van der Waals surface area contributed by atoms with Crippen LogP contribution in [0.25, 0.3) is 0 Å². The van der Waals surface area contributed by atoms with Crippen LogP contribution in [0.1, 0.15) is 5.82 Å². The molecule has 1 heterocycles. The number of methoxy groups -OCH3 is 3. The zero-order chi connectivity index (χ0) is 13.7. The lowest BCUT2D eigenvalue weighted by Gasteiger charge is -2.12. The van der Waals surface area contributed by atoms with Crippen LogP contribution in [0, 0.1) is 0 Å². The molecule has 100 valence electrons. The van der Waals surface area contributed by atoms with E-state index in [1.54, 1.807) is 52.1 Å². The van der Waals surface area contributed by atoms with Crippen molar-refractivity contribution in [1.29, 1.82) is 0 Å². The van der Waals surface area contributed by atoms with Crippen molar-refractivity contribution in [3.8, 4) is 17.2 Å². The second-order valence-corrected chi connectivity index (χ2v) is 3.62. The van der Waals surface area contributed by atoms with Crippen LogP contribution in [0.3, 0.4) is 0 Å². The van der Waals surface area contributed by atoms with Gasteiger partial charge in [-0.25, -0.2) is 4.98 Å². The third kappa shape index (κ3) is 2.85. The van der Waals surface area contributed by atoms with Gasteiger partial charge in [-0.15, -0.1) is 0 Å². The third-order valence-electron chi connectivity index (χ3n) is 2.50. The summed E-state index contributed by atoms with van der Waals surface area (Å²) in [7, 11) is 4.70. The monoisotopic (exact) mass is 261 g/mol. The maximum Gasteiger partial charge on any atom is 0.203 e. The highest BCUT2D eigenvalue weighted by atomic mass is 16.5. The van der Waals surface area contributed by atoms with E-state index in [1.165, 1.54) is 0 Å². The molecule has 0 aliphatic carbocycles. The number of imidazole rings is 1. The Bertz CT molecular complexity index is 540. The SMILES string of the molecule is COc1cc(N=Cc2ncc[nH]2)cc(OC)c1OC. The molecule has 19 heavy (non-hydrogen) atoms. The average molecular weight is 261 g/mol. The quantitative estimate of drug-likeness (QED) is 0.838. The average Bonchev–Trinajstić information content (AvgIpc) is 2.97. The van der Waals surface area contributed by atoms with Crippen LogP contribution < -0.4 is 14.2 Å². The predicted molar refractivity (Wildman–Crippen MR) is 71.9 cm³/mol. The first-order valence-corrected chi connectivity index (χ1v) is 5.62. The van der Waals surface area contributed by atoms with Crippen LogP contribution in [-0.4, -0.2) is 37.5 Å². The van der Waals surface area contributed by atoms with E-state index in [0.717, 1.165) is 0 Å². The van der Waals surface area contributed by atoms with Gasteiger partial charge >= 0.3 is 0 Å². The Morgan fingerprint density at radius 2 is 1.79 bits per heavy atom. The van der Waals surface area contributed by atoms with Crippen molar-refractivity contribution in [3.63, 3.8) is 0 Å². The number of nitrogens with zero attached hydrogens (tertiary/aromatic N) is 2. The first kappa shape index (κ1) is 12.9. The largest absolute Gasteiger partial charge is 0.493 e. The lowest BCUT2D eigenvalue weighted by molar-refractivity contribution is 0.324. The number of hydrogen-bond acceptors (Lipinski definition) is 5. The van der Waals surface area contributed by atoms with Gasteiger partial charge in [-0.3, -0.25) is 4.99 Å². The first-order chi connectivity index (χ1) is 9.28. The Labute approximate surface area is 111 Å². The summed E-state index contributed by atoms with van der Waals surface area (Å²) in [6, 6.07) is 3.53. The Hall–Kier alpha value is -2.50. The molecule has 0 aliphatic rings. The molecule has 0 aliphatic heterocycles. The van der Waals surface area contributed by atoms with Crippen LogP contribution in [-0.2, 0) is 0 Å². The number of benzene rings is 1. The molecule has 0 saturated carbocycles. The van der Waals surface area contributed by atoms with Gasteiger partial charge in [0.15, 0.2) is 11.5 Å². The van der Waals surface area contributed by atoms with Crippen molar-refractivity contribution in [1.82, 2.24) is 9.97 Å². The van der Waals surface area contributed by atoms with Crippen molar-refractivity contribution >= 4 is 11.9 Å². The number of aromatic nitrogens is 2. The number of aliphatic imine (C=N–C) groups is 1. The minimum atomic E-state index is 0.543. The highest BCUT2D eigenvalue weighted by molar-refractivity contribution is 5.78. The van der Waals surface area contributed by atoms with Gasteiger partial charge in [-0.05, 0) is 0 Å². The Morgan fingerprint density at radius 3 is 2.26 bits per heavy atom. The Balaban J connectivity index is 2.36. The normalized spacial score (nSPS) is 10.7. The lowest BCUT2D eigenvalue weighted by Crippen LogP contribution is -1.94. The highest BCUT2D eigenvalue weighted by Gasteiger charge is 2.12. The summed E-state index contributed by atoms with van der Waals surface area (Å²) in [5, 5.41) is 0. The zero-order valence-corrected chi connectivity index (χ0v) is 11.0. The minimum Gasteiger partial charge on any atom is -0.493 e. The van der Waals surface area contributed by atoms with Gasteiger partial charge in [0.25, 0.3) is 0 Å². The summed E-state index contributed by atoms with van der Waals surface area (Å²) in [4.78, 5) is 11.3. The lowest BCUT2D eigenvalue weighted by atomic mass is 10.2. The van der Waals surface area contributed by atoms with Crippen LogP contribution >= 0.6 is 0 Å². The molecule has 0 bridgehead atoms. The predicted octanol–water partition coefficient (Wildman–Crippen LogP) is 2.19. The molecule has 0 atom stereocenters. The van der Waals surface area contributed by atoms with E-state index in [4.69, 9.17) is 14.2 Å². The molecule has 1 N–H and O–H groups in total. The van der Waals surface area contributed by atoms with Crippen molar-refractivity contribution in [2.45, 2.75) is 0 Å². The van der Waals surface area contributed by atoms with Gasteiger partial charge in [0, 0.05) is 24.5 Å². The standard InChI is InChI=1S/C13H15N3O3/c1-17-10-6-9(7-11(18-2)13(10)19-3)16-8-12-14-4-5-15-12/h4-8H,1-3H3,(H,14,15). The molecule has 0 spiro atoms. The number of hydrogen-bond donors (Lipinski definition) is 1. The van der Waals surface area contributed by atoms with E-state index in [1.807, 2.05) is 0 Å². The van der Waals surface area contributed by atoms with E-state index in [-0.39, 0.29) is 0 Å². The molecule has 6 heteroatoms. The van der Waals surface area contributed by atoms with Gasteiger partial charge in [0.1, 0.15) is 5.82 Å². The van der Waals surface area contributed by atoms with Crippen LogP contribution in [0.2, 0.25) is 0 Å². The second-order valence-electron chi connectivity index (χ2n) is 3.62. The molecule has 0 saturated heterocycles. The van der Waals surface area contributed by atoms with E-state index in [2.05, 4.69) is 15.0 Å². The summed E-state index contributed by atoms with van der Waals surface area (Å²) in [6.45, 7) is 0. The number of ether oxygens (including phenoxy) is 3. The summed E-state index contributed by atoms with van der Waals surface area (Å²) in [5.74, 6) is 2.34. The van der Waals surface area contributed by atoms with Crippen molar-refractivity contribution in [2.75, 3.05) is 21.3 Å². The molecular formula is C13H15N3O3. The van der Waals surface area contributed by atoms with Gasteiger partial charge in [0.2, 0.25) is 5.75 Å². The topological polar surface area (TPSA) is 68.7 Å². The van der Waals surface area contributed by atoms with E-state index < -0.39 is 0 Å². The minimum absolute atomic E-state index is 0.543. The molecule has 6 nitrogen and oxygen atoms in total. The third-order valence-corrected chi connectivity index (χ3v) is 2.50. The smallest absolute Gasteiger partial charge is 0.203 e. The van der Waals surface area contributed by atoms with E-state index in [0.29, 0.717) is 28.8 Å². The number of rotatable bonds is 5. The number of H-pyrrole nitrogens is 1. The fourth-order valence-electron chi connectivity index (χ4n) is 1.63. The van der Waals surface area contributed by atoms with Crippen molar-refractivity contribution in [2.24, 2.45) is 4.99 Å². The molecule has 1 aromatic carbocycles. The van der Waals surface area contributed by atoms with Crippen molar-refractivity contribution in [3.05, 3.63) is 30.4 Å². The molecule has 0 amide bonds. The van der Waals surface area contributed by atoms with E-state index in [9.17, 15) is 0 Å². The second kappa shape index (κ2) is 5.90.